The lowest BCUT2D eigenvalue weighted by atomic mass is 10.1. The minimum absolute atomic E-state index is 0.292. The molecule has 0 radical (unpaired) electrons. The summed E-state index contributed by atoms with van der Waals surface area (Å²) in [6.45, 7) is 5.72. The number of ether oxygens (including phenoxy) is 1. The van der Waals surface area contributed by atoms with Gasteiger partial charge in [-0.2, -0.15) is 0 Å². The lowest BCUT2D eigenvalue weighted by molar-refractivity contribution is 0.100. The van der Waals surface area contributed by atoms with Crippen LogP contribution in [0.5, 0.6) is 5.75 Å². The molecule has 2 heterocycles. The van der Waals surface area contributed by atoms with Gasteiger partial charge in [-0.1, -0.05) is 6.42 Å². The molecular formula is C20H26N4O3S. The molecule has 0 saturated carbocycles. The molecule has 3 amide bonds. The molecule has 7 nitrogen and oxygen atoms in total. The maximum absolute atomic E-state index is 11.8. The third kappa shape index (κ3) is 4.82. The van der Waals surface area contributed by atoms with E-state index in [1.807, 2.05) is 24.3 Å². The number of nitrogens with two attached hydrogens (primary N) is 2. The van der Waals surface area contributed by atoms with Gasteiger partial charge in [-0.15, -0.1) is 11.3 Å². The molecule has 2 aromatic rings. The average Bonchev–Trinajstić information content (AvgIpc) is 2.98. The molecule has 0 atom stereocenters. The van der Waals surface area contributed by atoms with Crippen molar-refractivity contribution in [3.8, 4) is 16.2 Å². The van der Waals surface area contributed by atoms with E-state index in [1.165, 1.54) is 30.6 Å². The van der Waals surface area contributed by atoms with Gasteiger partial charge in [0, 0.05) is 11.4 Å². The van der Waals surface area contributed by atoms with Crippen LogP contribution in [0.1, 0.15) is 35.2 Å². The first kappa shape index (κ1) is 20.2. The molecule has 1 aliphatic heterocycles. The number of anilines is 1. The number of piperidine rings is 1. The van der Waals surface area contributed by atoms with Crippen LogP contribution < -0.4 is 21.5 Å². The van der Waals surface area contributed by atoms with Crippen molar-refractivity contribution in [2.75, 3.05) is 31.6 Å². The van der Waals surface area contributed by atoms with Crippen molar-refractivity contribution in [1.82, 2.24) is 4.90 Å². The van der Waals surface area contributed by atoms with E-state index < -0.39 is 11.9 Å². The molecule has 1 fully saturated rings. The number of urea groups is 1. The Morgan fingerprint density at radius 1 is 1.14 bits per heavy atom. The van der Waals surface area contributed by atoms with Crippen LogP contribution in [-0.4, -0.2) is 43.1 Å². The molecule has 1 aliphatic rings. The molecule has 0 bridgehead atoms. The van der Waals surface area contributed by atoms with Crippen LogP contribution in [0.25, 0.3) is 10.4 Å². The van der Waals surface area contributed by atoms with Crippen molar-refractivity contribution in [2.45, 2.75) is 26.2 Å². The fraction of sp³-hybridized carbons (Fsp3) is 0.400. The number of benzene rings is 1. The van der Waals surface area contributed by atoms with E-state index in [4.69, 9.17) is 16.2 Å². The molecule has 0 aliphatic carbocycles. The van der Waals surface area contributed by atoms with E-state index in [9.17, 15) is 9.59 Å². The molecule has 0 unspecified atom stereocenters. The first-order valence-electron chi connectivity index (χ1n) is 9.41. The Morgan fingerprint density at radius 2 is 1.82 bits per heavy atom. The molecule has 1 aromatic heterocycles. The van der Waals surface area contributed by atoms with E-state index in [1.54, 1.807) is 6.92 Å². The number of rotatable bonds is 7. The van der Waals surface area contributed by atoms with Crippen LogP contribution in [0.2, 0.25) is 0 Å². The van der Waals surface area contributed by atoms with Crippen molar-refractivity contribution < 1.29 is 14.3 Å². The number of carbonyl (C=O) groups excluding carboxylic acids is 2. The van der Waals surface area contributed by atoms with Gasteiger partial charge in [0.2, 0.25) is 0 Å². The van der Waals surface area contributed by atoms with E-state index >= 15 is 0 Å². The molecule has 1 aromatic carbocycles. The topological polar surface area (TPSA) is 111 Å². The highest BCUT2D eigenvalue weighted by atomic mass is 32.1. The highest BCUT2D eigenvalue weighted by molar-refractivity contribution is 7.20. The first-order chi connectivity index (χ1) is 13.5. The van der Waals surface area contributed by atoms with Gasteiger partial charge in [-0.25, -0.2) is 4.79 Å². The number of thiophene rings is 1. The van der Waals surface area contributed by atoms with E-state index in [-0.39, 0.29) is 0 Å². The summed E-state index contributed by atoms with van der Waals surface area (Å²) < 4.78 is 5.86. The van der Waals surface area contributed by atoms with Crippen LogP contribution in [0.4, 0.5) is 9.80 Å². The molecule has 0 spiro atoms. The van der Waals surface area contributed by atoms with Crippen molar-refractivity contribution in [2.24, 2.45) is 11.5 Å². The second kappa shape index (κ2) is 9.07. The smallest absolute Gasteiger partial charge is 0.317 e. The summed E-state index contributed by atoms with van der Waals surface area (Å²) in [6.07, 6.45) is 3.87. The normalized spacial score (nSPS) is 14.6. The SMILES string of the molecule is Cc1c(-c2ccc(OCCN3CCCCC3)cc2)sc(NC(N)=O)c1C(N)=O. The number of hydrogen-bond donors (Lipinski definition) is 3. The zero-order chi connectivity index (χ0) is 20.1. The molecule has 150 valence electrons. The van der Waals surface area contributed by atoms with Crippen LogP contribution in [0, 0.1) is 6.92 Å². The van der Waals surface area contributed by atoms with Crippen LogP contribution >= 0.6 is 11.3 Å². The van der Waals surface area contributed by atoms with Gasteiger partial charge in [-0.05, 0) is 68.2 Å². The van der Waals surface area contributed by atoms with Gasteiger partial charge in [0.25, 0.3) is 5.91 Å². The minimum Gasteiger partial charge on any atom is -0.492 e. The highest BCUT2D eigenvalue weighted by Crippen LogP contribution is 2.40. The summed E-state index contributed by atoms with van der Waals surface area (Å²) in [5, 5.41) is 2.85. The third-order valence-corrected chi connectivity index (χ3v) is 6.13. The van der Waals surface area contributed by atoms with Crippen molar-refractivity contribution in [3.63, 3.8) is 0 Å². The maximum Gasteiger partial charge on any atom is 0.317 e. The lowest BCUT2D eigenvalue weighted by Crippen LogP contribution is -2.33. The molecule has 28 heavy (non-hydrogen) atoms. The van der Waals surface area contributed by atoms with Gasteiger partial charge in [0.05, 0.1) is 5.56 Å². The Kier molecular flexibility index (Phi) is 6.53. The summed E-state index contributed by atoms with van der Waals surface area (Å²) in [5.74, 6) is 0.210. The number of amides is 3. The third-order valence-electron chi connectivity index (χ3n) is 4.87. The zero-order valence-corrected chi connectivity index (χ0v) is 16.8. The number of hydrogen-bond acceptors (Lipinski definition) is 5. The summed E-state index contributed by atoms with van der Waals surface area (Å²) >= 11 is 1.28. The zero-order valence-electron chi connectivity index (χ0n) is 16.0. The largest absolute Gasteiger partial charge is 0.492 e. The number of carbonyl (C=O) groups is 2. The van der Waals surface area contributed by atoms with Gasteiger partial charge >= 0.3 is 6.03 Å². The Labute approximate surface area is 168 Å². The maximum atomic E-state index is 11.8. The minimum atomic E-state index is -0.729. The molecule has 8 heteroatoms. The summed E-state index contributed by atoms with van der Waals surface area (Å²) in [7, 11) is 0. The fourth-order valence-corrected chi connectivity index (χ4v) is 4.68. The number of nitrogens with zero attached hydrogens (tertiary/aromatic N) is 1. The highest BCUT2D eigenvalue weighted by Gasteiger charge is 2.21. The van der Waals surface area contributed by atoms with E-state index in [0.29, 0.717) is 17.2 Å². The summed E-state index contributed by atoms with van der Waals surface area (Å²) in [5.41, 5.74) is 12.6. The fourth-order valence-electron chi connectivity index (χ4n) is 3.46. The first-order valence-corrected chi connectivity index (χ1v) is 10.2. The van der Waals surface area contributed by atoms with Crippen LogP contribution in [-0.2, 0) is 0 Å². The monoisotopic (exact) mass is 402 g/mol. The van der Waals surface area contributed by atoms with Crippen molar-refractivity contribution in [1.29, 1.82) is 0 Å². The van der Waals surface area contributed by atoms with Crippen molar-refractivity contribution >= 4 is 28.3 Å². The van der Waals surface area contributed by atoms with E-state index in [0.717, 1.165) is 41.4 Å². The quantitative estimate of drug-likeness (QED) is 0.660. The molecular weight excluding hydrogens is 376 g/mol. The Bertz CT molecular complexity index is 842. The second-order valence-corrected chi connectivity index (χ2v) is 7.91. The van der Waals surface area contributed by atoms with Crippen LogP contribution in [0.15, 0.2) is 24.3 Å². The lowest BCUT2D eigenvalue weighted by Gasteiger charge is -2.26. The molecule has 5 N–H and O–H groups in total. The standard InChI is InChI=1S/C20H26N4O3S/c1-13-16(18(21)25)19(23-20(22)26)28-17(13)14-5-7-15(8-6-14)27-12-11-24-9-3-2-4-10-24/h5-8H,2-4,9-12H2,1H3,(H2,21,25)(H3,22,23,26). The van der Waals surface area contributed by atoms with Crippen LogP contribution in [0.3, 0.4) is 0 Å². The number of likely N-dealkylation sites (tertiary alicyclic amines) is 1. The predicted octanol–water partition coefficient (Wildman–Crippen LogP) is 3.18. The Morgan fingerprint density at radius 3 is 2.43 bits per heavy atom. The van der Waals surface area contributed by atoms with E-state index in [2.05, 4.69) is 10.2 Å². The number of nitrogens with one attached hydrogen (secondary N) is 1. The van der Waals surface area contributed by atoms with Gasteiger partial charge < -0.3 is 16.2 Å². The Balaban J connectivity index is 1.68. The number of primary amides is 2. The van der Waals surface area contributed by atoms with Gasteiger partial charge in [-0.3, -0.25) is 15.0 Å². The second-order valence-electron chi connectivity index (χ2n) is 6.89. The van der Waals surface area contributed by atoms with Gasteiger partial charge in [0.1, 0.15) is 17.4 Å². The summed E-state index contributed by atoms with van der Waals surface area (Å²) in [6, 6.07) is 6.97. The van der Waals surface area contributed by atoms with Crippen molar-refractivity contribution in [3.05, 3.63) is 35.4 Å². The average molecular weight is 403 g/mol. The predicted molar refractivity (Wildman–Crippen MR) is 112 cm³/mol. The molecule has 3 rings (SSSR count). The summed E-state index contributed by atoms with van der Waals surface area (Å²) in [4.78, 5) is 26.3. The van der Waals surface area contributed by atoms with Gasteiger partial charge in [0.15, 0.2) is 0 Å². The Hall–Kier alpha value is -2.58. The molecule has 1 saturated heterocycles.